The van der Waals surface area contributed by atoms with Gasteiger partial charge in [-0.1, -0.05) is 13.8 Å². The van der Waals surface area contributed by atoms with Crippen molar-refractivity contribution in [2.24, 2.45) is 40.4 Å². The molecule has 0 radical (unpaired) electrons. The number of carbonyl (C=O) groups excluding carboxylic acids is 1. The molecule has 4 fully saturated rings. The van der Waals surface area contributed by atoms with E-state index < -0.39 is 0 Å². The largest absolute Gasteiger partial charge is 0.317 e. The summed E-state index contributed by atoms with van der Waals surface area (Å²) in [7, 11) is 2.14. The highest BCUT2D eigenvalue weighted by Crippen LogP contribution is 2.67. The Morgan fingerprint density at radius 1 is 0.917 bits per heavy atom. The van der Waals surface area contributed by atoms with Crippen LogP contribution < -0.4 is 5.32 Å². The molecule has 4 aliphatic rings. The molecule has 24 heavy (non-hydrogen) atoms. The van der Waals surface area contributed by atoms with E-state index in [0.717, 1.165) is 29.7 Å². The van der Waals surface area contributed by atoms with Gasteiger partial charge in [-0.2, -0.15) is 0 Å². The van der Waals surface area contributed by atoms with E-state index >= 15 is 0 Å². The SMILES string of the molecule is CN[C@@H]1CC[C@]2(C)C3CC[C@@]4(C)C(CC[C@@H]4C(C)=O)C3CC[C@H]2C1. The van der Waals surface area contributed by atoms with E-state index in [1.165, 1.54) is 57.8 Å². The summed E-state index contributed by atoms with van der Waals surface area (Å²) in [6.45, 7) is 6.96. The number of fused-ring (bicyclic) bond motifs is 5. The molecule has 1 N–H and O–H groups in total. The van der Waals surface area contributed by atoms with Gasteiger partial charge in [0.05, 0.1) is 0 Å². The summed E-state index contributed by atoms with van der Waals surface area (Å²) in [5.41, 5.74) is 0.893. The van der Waals surface area contributed by atoms with Crippen LogP contribution in [0.4, 0.5) is 0 Å². The average molecular weight is 332 g/mol. The lowest BCUT2D eigenvalue weighted by Crippen LogP contribution is -2.55. The fourth-order valence-corrected chi connectivity index (χ4v) is 8.19. The van der Waals surface area contributed by atoms with E-state index in [1.807, 2.05) is 6.92 Å². The normalized spacial score (nSPS) is 53.8. The smallest absolute Gasteiger partial charge is 0.133 e. The van der Waals surface area contributed by atoms with Crippen molar-refractivity contribution in [1.29, 1.82) is 0 Å². The highest BCUT2D eigenvalue weighted by molar-refractivity contribution is 5.79. The van der Waals surface area contributed by atoms with Gasteiger partial charge in [0.1, 0.15) is 5.78 Å². The van der Waals surface area contributed by atoms with E-state index in [4.69, 9.17) is 0 Å². The van der Waals surface area contributed by atoms with Crippen LogP contribution in [0, 0.1) is 40.4 Å². The molecule has 4 aliphatic carbocycles. The van der Waals surface area contributed by atoms with Crippen molar-refractivity contribution < 1.29 is 4.79 Å². The summed E-state index contributed by atoms with van der Waals surface area (Å²) in [5, 5.41) is 3.55. The Morgan fingerprint density at radius 2 is 1.62 bits per heavy atom. The molecule has 0 saturated heterocycles. The summed E-state index contributed by atoms with van der Waals surface area (Å²) in [4.78, 5) is 12.2. The Labute approximate surface area is 148 Å². The molecule has 0 aromatic carbocycles. The van der Waals surface area contributed by atoms with E-state index in [0.29, 0.717) is 22.5 Å². The number of nitrogens with one attached hydrogen (secondary N) is 1. The quantitative estimate of drug-likeness (QED) is 0.786. The predicted octanol–water partition coefficient (Wildman–Crippen LogP) is 4.82. The molecule has 0 spiro atoms. The van der Waals surface area contributed by atoms with Crippen molar-refractivity contribution in [2.75, 3.05) is 7.05 Å². The van der Waals surface area contributed by atoms with Crippen LogP contribution in [0.1, 0.15) is 78.6 Å². The Morgan fingerprint density at radius 3 is 2.33 bits per heavy atom. The van der Waals surface area contributed by atoms with Crippen LogP contribution in [0.3, 0.4) is 0 Å². The van der Waals surface area contributed by atoms with Crippen LogP contribution >= 0.6 is 0 Å². The summed E-state index contributed by atoms with van der Waals surface area (Å²) in [6.07, 6.45) is 12.2. The van der Waals surface area contributed by atoms with Gasteiger partial charge >= 0.3 is 0 Å². The average Bonchev–Trinajstić information content (AvgIpc) is 2.91. The van der Waals surface area contributed by atoms with Gasteiger partial charge in [-0.25, -0.2) is 0 Å². The van der Waals surface area contributed by atoms with Gasteiger partial charge in [0.25, 0.3) is 0 Å². The first-order valence-electron chi connectivity index (χ1n) is 10.6. The second-order valence-electron chi connectivity index (χ2n) is 10.2. The Kier molecular flexibility index (Phi) is 4.14. The molecule has 0 aromatic heterocycles. The van der Waals surface area contributed by atoms with E-state index in [1.54, 1.807) is 0 Å². The molecule has 136 valence electrons. The zero-order valence-corrected chi connectivity index (χ0v) is 16.2. The predicted molar refractivity (Wildman–Crippen MR) is 98.7 cm³/mol. The third-order valence-corrected chi connectivity index (χ3v) is 9.56. The lowest BCUT2D eigenvalue weighted by Gasteiger charge is -2.61. The molecule has 0 heterocycles. The number of ketones is 1. The highest BCUT2D eigenvalue weighted by atomic mass is 16.1. The van der Waals surface area contributed by atoms with E-state index in [2.05, 4.69) is 26.2 Å². The van der Waals surface area contributed by atoms with Crippen LogP contribution in [0.15, 0.2) is 0 Å². The van der Waals surface area contributed by atoms with E-state index in [9.17, 15) is 4.79 Å². The molecule has 0 aromatic rings. The standard InChI is InChI=1S/C22H37NO/c1-14(24)18-7-8-19-17-6-5-15-13-16(23-4)9-11-21(15,2)20(17)10-12-22(18,19)3/h15-20,23H,5-13H2,1-4H3/t15-,16+,17?,18+,19?,20?,21-,22+/m0/s1. The van der Waals surface area contributed by atoms with Crippen LogP contribution in [-0.4, -0.2) is 18.9 Å². The van der Waals surface area contributed by atoms with Gasteiger partial charge in [-0.3, -0.25) is 4.79 Å². The molecule has 3 unspecified atom stereocenters. The fourth-order valence-electron chi connectivity index (χ4n) is 8.19. The van der Waals surface area contributed by atoms with Gasteiger partial charge in [0.2, 0.25) is 0 Å². The first-order valence-corrected chi connectivity index (χ1v) is 10.6. The molecule has 2 nitrogen and oxygen atoms in total. The minimum atomic E-state index is 0.318. The number of Topliss-reactive ketones (excluding diaryl/α,β-unsaturated/α-hetero) is 1. The highest BCUT2D eigenvalue weighted by Gasteiger charge is 2.60. The van der Waals surface area contributed by atoms with Crippen LogP contribution in [0.25, 0.3) is 0 Å². The second kappa shape index (κ2) is 5.83. The van der Waals surface area contributed by atoms with Crippen molar-refractivity contribution >= 4 is 5.78 Å². The first-order chi connectivity index (χ1) is 11.4. The summed E-state index contributed by atoms with van der Waals surface area (Å²) in [6, 6.07) is 0.752. The van der Waals surface area contributed by atoms with Gasteiger partial charge < -0.3 is 5.32 Å². The Bertz CT molecular complexity index is 516. The molecular formula is C22H37NO. The summed E-state index contributed by atoms with van der Waals surface area (Å²) >= 11 is 0. The zero-order valence-electron chi connectivity index (χ0n) is 16.2. The molecule has 2 heteroatoms. The maximum absolute atomic E-state index is 12.2. The van der Waals surface area contributed by atoms with Crippen molar-refractivity contribution in [1.82, 2.24) is 5.32 Å². The number of carbonyl (C=O) groups is 1. The lowest BCUT2D eigenvalue weighted by atomic mass is 9.44. The van der Waals surface area contributed by atoms with Gasteiger partial charge in [0.15, 0.2) is 0 Å². The van der Waals surface area contributed by atoms with Crippen LogP contribution in [-0.2, 0) is 4.79 Å². The van der Waals surface area contributed by atoms with Crippen LogP contribution in [0.2, 0.25) is 0 Å². The van der Waals surface area contributed by atoms with Crippen molar-refractivity contribution in [3.8, 4) is 0 Å². The van der Waals surface area contributed by atoms with Gasteiger partial charge in [0, 0.05) is 12.0 Å². The molecule has 8 atom stereocenters. The van der Waals surface area contributed by atoms with Gasteiger partial charge in [-0.05, 0) is 106 Å². The van der Waals surface area contributed by atoms with Gasteiger partial charge in [-0.15, -0.1) is 0 Å². The van der Waals surface area contributed by atoms with Crippen LogP contribution in [0.5, 0.6) is 0 Å². The zero-order chi connectivity index (χ0) is 17.1. The summed E-state index contributed by atoms with van der Waals surface area (Å²) in [5.74, 6) is 4.41. The van der Waals surface area contributed by atoms with Crippen molar-refractivity contribution in [2.45, 2.75) is 84.6 Å². The minimum absolute atomic E-state index is 0.318. The Hall–Kier alpha value is -0.370. The maximum Gasteiger partial charge on any atom is 0.133 e. The minimum Gasteiger partial charge on any atom is -0.317 e. The third-order valence-electron chi connectivity index (χ3n) is 9.56. The first kappa shape index (κ1) is 17.1. The molecule has 4 rings (SSSR count). The molecule has 0 amide bonds. The number of rotatable bonds is 2. The molecule has 0 aliphatic heterocycles. The maximum atomic E-state index is 12.2. The Balaban J connectivity index is 1.59. The number of hydrogen-bond acceptors (Lipinski definition) is 2. The number of hydrogen-bond donors (Lipinski definition) is 1. The van der Waals surface area contributed by atoms with Crippen molar-refractivity contribution in [3.05, 3.63) is 0 Å². The second-order valence-corrected chi connectivity index (χ2v) is 10.2. The lowest BCUT2D eigenvalue weighted by molar-refractivity contribution is -0.134. The summed E-state index contributed by atoms with van der Waals surface area (Å²) < 4.78 is 0. The topological polar surface area (TPSA) is 29.1 Å². The van der Waals surface area contributed by atoms with Crippen molar-refractivity contribution in [3.63, 3.8) is 0 Å². The third kappa shape index (κ3) is 2.27. The molecular weight excluding hydrogens is 294 g/mol. The molecule has 4 saturated carbocycles. The molecule has 0 bridgehead atoms. The monoisotopic (exact) mass is 331 g/mol. The fraction of sp³-hybridized carbons (Fsp3) is 0.955. The van der Waals surface area contributed by atoms with E-state index in [-0.39, 0.29) is 0 Å².